The number of carbonyl (C=O) groups is 4. The van der Waals surface area contributed by atoms with Gasteiger partial charge in [0.05, 0.1) is 0 Å². The molecule has 54 heavy (non-hydrogen) atoms. The number of likely N-dealkylation sites (tertiary alicyclic amines) is 1. The summed E-state index contributed by atoms with van der Waals surface area (Å²) < 4.78 is 5.31. The minimum Gasteiger partial charge on any atom is -0.444 e. The van der Waals surface area contributed by atoms with E-state index >= 15 is 0 Å². The topological polar surface area (TPSA) is 171 Å². The Kier molecular flexibility index (Phi) is 11.8. The molecule has 1 atom stereocenters. The van der Waals surface area contributed by atoms with Gasteiger partial charge in [0.25, 0.3) is 5.91 Å². The Balaban J connectivity index is 1.13. The number of hydrogen-bond acceptors (Lipinski definition) is 8. The van der Waals surface area contributed by atoms with E-state index in [9.17, 15) is 19.2 Å². The van der Waals surface area contributed by atoms with E-state index < -0.39 is 17.7 Å². The molecule has 0 spiro atoms. The SMILES string of the molecule is Cc1cc(C(=O)N2CCCC2)ccc1-c1ccc(C[C@H](NC(=O)C2CCC(=CNC(=O)OC(C)(C)C)CC2)C(=O)Nc2ccc(-c3nn[nH]n3)cc2)cc1. The highest BCUT2D eigenvalue weighted by atomic mass is 16.6. The van der Waals surface area contributed by atoms with Gasteiger partial charge in [-0.1, -0.05) is 35.9 Å². The molecule has 13 heteroatoms. The van der Waals surface area contributed by atoms with Gasteiger partial charge in [0, 0.05) is 48.4 Å². The first-order valence-electron chi connectivity index (χ1n) is 18.5. The van der Waals surface area contributed by atoms with Crippen molar-refractivity contribution < 1.29 is 23.9 Å². The van der Waals surface area contributed by atoms with Crippen LogP contribution in [0, 0.1) is 12.8 Å². The fraction of sp³-hybridized carbons (Fsp3) is 0.390. The van der Waals surface area contributed by atoms with Crippen molar-refractivity contribution in [1.29, 1.82) is 0 Å². The smallest absolute Gasteiger partial charge is 0.411 e. The zero-order chi connectivity index (χ0) is 38.2. The average Bonchev–Trinajstić information content (AvgIpc) is 3.90. The molecule has 6 rings (SSSR count). The van der Waals surface area contributed by atoms with Crippen LogP contribution < -0.4 is 16.0 Å². The molecular formula is C41H48N8O5. The van der Waals surface area contributed by atoms with Gasteiger partial charge in [-0.15, -0.1) is 10.2 Å². The highest BCUT2D eigenvalue weighted by Gasteiger charge is 2.29. The summed E-state index contributed by atoms with van der Waals surface area (Å²) in [5.41, 5.74) is 6.35. The quantitative estimate of drug-likeness (QED) is 0.146. The minimum atomic E-state index is -0.844. The van der Waals surface area contributed by atoms with Gasteiger partial charge in [0.1, 0.15) is 11.6 Å². The Hall–Kier alpha value is -5.85. The third kappa shape index (κ3) is 9.97. The first kappa shape index (κ1) is 37.9. The number of ether oxygens (including phenoxy) is 1. The first-order valence-corrected chi connectivity index (χ1v) is 18.5. The van der Waals surface area contributed by atoms with Crippen molar-refractivity contribution in [2.24, 2.45) is 5.92 Å². The molecule has 282 valence electrons. The van der Waals surface area contributed by atoms with Crippen molar-refractivity contribution in [2.75, 3.05) is 18.4 Å². The van der Waals surface area contributed by atoms with E-state index in [-0.39, 0.29) is 30.1 Å². The Morgan fingerprint density at radius 1 is 0.944 bits per heavy atom. The number of nitrogens with one attached hydrogen (secondary N) is 4. The molecule has 0 radical (unpaired) electrons. The van der Waals surface area contributed by atoms with E-state index in [1.165, 1.54) is 0 Å². The van der Waals surface area contributed by atoms with Crippen molar-refractivity contribution in [1.82, 2.24) is 36.2 Å². The number of aromatic nitrogens is 4. The number of amides is 4. The number of alkyl carbamates (subject to hydrolysis) is 1. The van der Waals surface area contributed by atoms with Gasteiger partial charge < -0.3 is 20.3 Å². The Bertz CT molecular complexity index is 1970. The zero-order valence-corrected chi connectivity index (χ0v) is 31.3. The van der Waals surface area contributed by atoms with Crippen LogP contribution in [-0.4, -0.2) is 74.1 Å². The highest BCUT2D eigenvalue weighted by Crippen LogP contribution is 2.29. The second-order valence-electron chi connectivity index (χ2n) is 15.0. The van der Waals surface area contributed by atoms with Crippen molar-refractivity contribution in [3.63, 3.8) is 0 Å². The van der Waals surface area contributed by atoms with E-state index in [2.05, 4.69) is 36.6 Å². The van der Waals surface area contributed by atoms with Crippen LogP contribution in [0.25, 0.3) is 22.5 Å². The molecule has 1 aliphatic heterocycles. The summed E-state index contributed by atoms with van der Waals surface area (Å²) in [6.07, 6.45) is 6.01. The van der Waals surface area contributed by atoms with Crippen LogP contribution in [0.5, 0.6) is 0 Å². The number of H-pyrrole nitrogens is 1. The second kappa shape index (κ2) is 16.9. The van der Waals surface area contributed by atoms with Crippen molar-refractivity contribution in [3.8, 4) is 22.5 Å². The summed E-state index contributed by atoms with van der Waals surface area (Å²) in [6, 6.07) is 20.0. The van der Waals surface area contributed by atoms with Crippen LogP contribution in [-0.2, 0) is 20.7 Å². The standard InChI is InChI=1S/C41H48N8O5/c1-26-23-32(39(52)49-21-5-6-22-49)17-20-34(26)29-11-7-27(8-12-29)24-35(38(51)43-33-18-15-30(16-19-33)36-45-47-48-46-36)44-37(50)31-13-9-28(10-14-31)25-42-40(53)54-41(2,3)4/h7-8,11-12,15-20,23,25,31,35H,5-6,9-10,13-14,21-22,24H2,1-4H3,(H,42,53)(H,43,51)(H,44,50)(H,45,46,47,48)/t31?,35-/m0/s1. The Morgan fingerprint density at radius 2 is 1.63 bits per heavy atom. The molecule has 1 saturated carbocycles. The number of aromatic amines is 1. The normalized spacial score (nSPS) is 16.3. The third-order valence-electron chi connectivity index (χ3n) is 9.75. The number of hydrogen-bond donors (Lipinski definition) is 4. The number of carbonyl (C=O) groups excluding carboxylic acids is 4. The van der Waals surface area contributed by atoms with E-state index in [4.69, 9.17) is 4.74 Å². The minimum absolute atomic E-state index is 0.0760. The first-order chi connectivity index (χ1) is 25.9. The van der Waals surface area contributed by atoms with Crippen molar-refractivity contribution in [2.45, 2.75) is 84.3 Å². The fourth-order valence-corrected chi connectivity index (χ4v) is 6.86. The number of aryl methyl sites for hydroxylation is 1. The third-order valence-corrected chi connectivity index (χ3v) is 9.75. The number of benzene rings is 3. The summed E-state index contributed by atoms with van der Waals surface area (Å²) in [6.45, 7) is 9.05. The summed E-state index contributed by atoms with van der Waals surface area (Å²) in [4.78, 5) is 54.4. The molecule has 4 amide bonds. The molecule has 3 aromatic carbocycles. The number of anilines is 1. The van der Waals surface area contributed by atoms with Crippen LogP contribution in [0.1, 0.15) is 80.8 Å². The maximum atomic E-state index is 13.8. The lowest BCUT2D eigenvalue weighted by molar-refractivity contribution is -0.129. The van der Waals surface area contributed by atoms with Gasteiger partial charge >= 0.3 is 6.09 Å². The van der Waals surface area contributed by atoms with Gasteiger partial charge in [-0.25, -0.2) is 4.79 Å². The number of rotatable bonds is 10. The lowest BCUT2D eigenvalue weighted by Gasteiger charge is -2.26. The summed E-state index contributed by atoms with van der Waals surface area (Å²) >= 11 is 0. The number of nitrogens with zero attached hydrogens (tertiary/aromatic N) is 4. The molecule has 4 aromatic rings. The van der Waals surface area contributed by atoms with E-state index in [1.54, 1.807) is 51.2 Å². The maximum absolute atomic E-state index is 13.8. The molecule has 1 saturated heterocycles. The van der Waals surface area contributed by atoms with Gasteiger partial charge in [0.15, 0.2) is 0 Å². The lowest BCUT2D eigenvalue weighted by atomic mass is 9.85. The predicted molar refractivity (Wildman–Crippen MR) is 205 cm³/mol. The molecule has 1 aliphatic carbocycles. The lowest BCUT2D eigenvalue weighted by Crippen LogP contribution is -2.47. The summed E-state index contributed by atoms with van der Waals surface area (Å²) in [5.74, 6) is -0.287. The van der Waals surface area contributed by atoms with Crippen molar-refractivity contribution >= 4 is 29.5 Å². The predicted octanol–water partition coefficient (Wildman–Crippen LogP) is 6.34. The van der Waals surface area contributed by atoms with Crippen LogP contribution in [0.2, 0.25) is 0 Å². The molecule has 2 heterocycles. The molecule has 1 aromatic heterocycles. The molecule has 13 nitrogen and oxygen atoms in total. The number of allylic oxidation sites excluding steroid dienone is 1. The van der Waals surface area contributed by atoms with Crippen LogP contribution >= 0.6 is 0 Å². The molecule has 2 aliphatic rings. The van der Waals surface area contributed by atoms with Gasteiger partial charge in [-0.3, -0.25) is 19.7 Å². The largest absolute Gasteiger partial charge is 0.444 e. The number of tetrazole rings is 1. The van der Waals surface area contributed by atoms with Crippen LogP contribution in [0.15, 0.2) is 78.5 Å². The average molecular weight is 733 g/mol. The molecule has 0 unspecified atom stereocenters. The van der Waals surface area contributed by atoms with Crippen LogP contribution in [0.4, 0.5) is 10.5 Å². The molecular weight excluding hydrogens is 685 g/mol. The van der Waals surface area contributed by atoms with Gasteiger partial charge in [-0.05, 0) is 130 Å². The second-order valence-corrected chi connectivity index (χ2v) is 15.0. The van der Waals surface area contributed by atoms with Gasteiger partial charge in [0.2, 0.25) is 17.6 Å². The Morgan fingerprint density at radius 3 is 2.26 bits per heavy atom. The van der Waals surface area contributed by atoms with E-state index in [0.29, 0.717) is 42.8 Å². The molecule has 2 fully saturated rings. The monoisotopic (exact) mass is 732 g/mol. The van der Waals surface area contributed by atoms with Gasteiger partial charge in [-0.2, -0.15) is 5.21 Å². The van der Waals surface area contributed by atoms with E-state index in [0.717, 1.165) is 59.3 Å². The zero-order valence-electron chi connectivity index (χ0n) is 31.3. The summed E-state index contributed by atoms with van der Waals surface area (Å²) in [5, 5.41) is 22.7. The maximum Gasteiger partial charge on any atom is 0.411 e. The van der Waals surface area contributed by atoms with Crippen molar-refractivity contribution in [3.05, 3.63) is 95.2 Å². The fourth-order valence-electron chi connectivity index (χ4n) is 6.86. The van der Waals surface area contributed by atoms with Crippen LogP contribution in [0.3, 0.4) is 0 Å². The highest BCUT2D eigenvalue weighted by molar-refractivity contribution is 5.98. The molecule has 0 bridgehead atoms. The van der Waals surface area contributed by atoms with E-state index in [1.807, 2.05) is 54.3 Å². The summed E-state index contributed by atoms with van der Waals surface area (Å²) in [7, 11) is 0. The Labute approximate surface area is 315 Å². The molecule has 4 N–H and O–H groups in total.